The third-order valence-corrected chi connectivity index (χ3v) is 6.53. The van der Waals surface area contributed by atoms with E-state index in [1.807, 2.05) is 0 Å². The number of hydrogen-bond acceptors (Lipinski definition) is 4. The number of halogens is 6. The van der Waals surface area contributed by atoms with E-state index in [9.17, 15) is 34.8 Å². The molecule has 0 aliphatic heterocycles. The van der Waals surface area contributed by atoms with Crippen molar-refractivity contribution in [1.29, 1.82) is 0 Å². The molecule has 0 atom stereocenters. The van der Waals surface area contributed by atoms with E-state index < -0.39 is 38.4 Å². The average Bonchev–Trinajstić information content (AvgIpc) is 3.28. The fourth-order valence-electron chi connectivity index (χ4n) is 2.94. The Kier molecular flexibility index (Phi) is 5.20. The van der Waals surface area contributed by atoms with Gasteiger partial charge in [-0.25, -0.2) is 13.4 Å². The van der Waals surface area contributed by atoms with Crippen molar-refractivity contribution >= 4 is 32.0 Å². The van der Waals surface area contributed by atoms with Gasteiger partial charge in [-0.15, -0.1) is 11.3 Å². The lowest BCUT2D eigenvalue weighted by Gasteiger charge is -2.16. The molecule has 0 amide bonds. The van der Waals surface area contributed by atoms with Gasteiger partial charge in [0.25, 0.3) is 10.0 Å². The lowest BCUT2D eigenvalue weighted by Crippen LogP contribution is -2.17. The van der Waals surface area contributed by atoms with Gasteiger partial charge in [-0.2, -0.15) is 26.3 Å². The van der Waals surface area contributed by atoms with E-state index in [2.05, 4.69) is 9.71 Å². The Morgan fingerprint density at radius 1 is 0.938 bits per heavy atom. The summed E-state index contributed by atoms with van der Waals surface area (Å²) >= 11 is 1.33. The van der Waals surface area contributed by atoms with E-state index in [1.165, 1.54) is 29.5 Å². The summed E-state index contributed by atoms with van der Waals surface area (Å²) in [6.45, 7) is 0. The molecular formula is C19H11F6N3O2S2. The fourth-order valence-corrected chi connectivity index (χ4v) is 4.79. The molecule has 32 heavy (non-hydrogen) atoms. The van der Waals surface area contributed by atoms with Gasteiger partial charge in [0.2, 0.25) is 0 Å². The second-order valence-corrected chi connectivity index (χ2v) is 9.17. The van der Waals surface area contributed by atoms with Crippen LogP contribution in [-0.4, -0.2) is 17.8 Å². The molecule has 0 aliphatic rings. The van der Waals surface area contributed by atoms with Gasteiger partial charge in [-0.3, -0.25) is 9.12 Å². The predicted octanol–water partition coefficient (Wildman–Crippen LogP) is 5.90. The molecule has 5 nitrogen and oxygen atoms in total. The summed E-state index contributed by atoms with van der Waals surface area (Å²) in [7, 11) is -4.81. The lowest BCUT2D eigenvalue weighted by molar-refractivity contribution is -0.143. The molecule has 0 bridgehead atoms. The Morgan fingerprint density at radius 3 is 2.16 bits per heavy atom. The fraction of sp³-hybridized carbons (Fsp3) is 0.105. The number of nitrogens with one attached hydrogen (secondary N) is 1. The second-order valence-electron chi connectivity index (χ2n) is 6.61. The van der Waals surface area contributed by atoms with E-state index in [4.69, 9.17) is 0 Å². The second kappa shape index (κ2) is 7.52. The summed E-state index contributed by atoms with van der Waals surface area (Å²) in [5, 5.41) is 1.78. The van der Waals surface area contributed by atoms with Crippen LogP contribution < -0.4 is 4.72 Å². The summed E-state index contributed by atoms with van der Waals surface area (Å²) in [5.74, 6) is 0. The zero-order valence-electron chi connectivity index (χ0n) is 15.6. The van der Waals surface area contributed by atoms with Crippen molar-refractivity contribution in [3.63, 3.8) is 0 Å². The first-order valence-corrected chi connectivity index (χ1v) is 11.0. The van der Waals surface area contributed by atoms with E-state index in [0.29, 0.717) is 16.2 Å². The number of para-hydroxylation sites is 1. The highest BCUT2D eigenvalue weighted by Gasteiger charge is 2.38. The molecule has 0 fully saturated rings. The minimum absolute atomic E-state index is 0.0516. The number of hydrogen-bond donors (Lipinski definition) is 1. The largest absolute Gasteiger partial charge is 0.416 e. The van der Waals surface area contributed by atoms with Gasteiger partial charge in [0.05, 0.1) is 27.4 Å². The molecule has 168 valence electrons. The van der Waals surface area contributed by atoms with Gasteiger partial charge >= 0.3 is 12.4 Å². The van der Waals surface area contributed by atoms with Crippen molar-refractivity contribution in [2.75, 3.05) is 4.72 Å². The number of anilines is 1. The predicted molar refractivity (Wildman–Crippen MR) is 106 cm³/mol. The van der Waals surface area contributed by atoms with Crippen LogP contribution in [0.4, 0.5) is 32.0 Å². The lowest BCUT2D eigenvalue weighted by atomic mass is 10.1. The number of alkyl halides is 6. The molecule has 2 heterocycles. The van der Waals surface area contributed by atoms with Crippen molar-refractivity contribution in [3.05, 3.63) is 71.4 Å². The Balaban J connectivity index is 1.78. The summed E-state index contributed by atoms with van der Waals surface area (Å²) in [6, 6.07) is 6.10. The van der Waals surface area contributed by atoms with Crippen molar-refractivity contribution in [3.8, 4) is 11.3 Å². The first-order chi connectivity index (χ1) is 14.8. The van der Waals surface area contributed by atoms with Crippen LogP contribution in [0.15, 0.2) is 65.1 Å². The van der Waals surface area contributed by atoms with Crippen molar-refractivity contribution in [1.82, 2.24) is 9.38 Å². The molecule has 2 aromatic heterocycles. The quantitative estimate of drug-likeness (QED) is 0.362. The Labute approximate surface area is 181 Å². The van der Waals surface area contributed by atoms with E-state index in [0.717, 1.165) is 0 Å². The van der Waals surface area contributed by atoms with Gasteiger partial charge in [0.1, 0.15) is 0 Å². The van der Waals surface area contributed by atoms with Crippen LogP contribution in [0.3, 0.4) is 0 Å². The SMILES string of the molecule is O=S(=O)(Nc1ccccc1-c1cn2ccsc2n1)c1cc(C(F)(F)F)cc(C(F)(F)F)c1. The van der Waals surface area contributed by atoms with E-state index in [-0.39, 0.29) is 23.9 Å². The van der Waals surface area contributed by atoms with Crippen LogP contribution >= 0.6 is 11.3 Å². The van der Waals surface area contributed by atoms with Crippen LogP contribution in [0, 0.1) is 0 Å². The van der Waals surface area contributed by atoms with Crippen LogP contribution in [0.1, 0.15) is 11.1 Å². The Morgan fingerprint density at radius 2 is 1.56 bits per heavy atom. The molecule has 0 aliphatic carbocycles. The van der Waals surface area contributed by atoms with Gasteiger partial charge < -0.3 is 0 Å². The number of rotatable bonds is 4. The number of aromatic nitrogens is 2. The van der Waals surface area contributed by atoms with Crippen molar-refractivity contribution < 1.29 is 34.8 Å². The van der Waals surface area contributed by atoms with Crippen LogP contribution in [0.2, 0.25) is 0 Å². The van der Waals surface area contributed by atoms with Gasteiger partial charge in [-0.1, -0.05) is 18.2 Å². The maximum atomic E-state index is 13.1. The zero-order valence-corrected chi connectivity index (χ0v) is 17.2. The highest BCUT2D eigenvalue weighted by molar-refractivity contribution is 7.92. The van der Waals surface area contributed by atoms with Crippen molar-refractivity contribution in [2.45, 2.75) is 17.2 Å². The molecule has 13 heteroatoms. The average molecular weight is 491 g/mol. The number of fused-ring (bicyclic) bond motifs is 1. The molecule has 1 N–H and O–H groups in total. The van der Waals surface area contributed by atoms with Crippen LogP contribution in [0.25, 0.3) is 16.2 Å². The number of nitrogens with zero attached hydrogens (tertiary/aromatic N) is 2. The normalized spacial score (nSPS) is 12.9. The minimum Gasteiger partial charge on any atom is -0.297 e. The van der Waals surface area contributed by atoms with Crippen molar-refractivity contribution in [2.24, 2.45) is 0 Å². The smallest absolute Gasteiger partial charge is 0.297 e. The number of thiazole rings is 1. The molecule has 0 radical (unpaired) electrons. The summed E-state index contributed by atoms with van der Waals surface area (Å²) in [4.78, 5) is 3.80. The monoisotopic (exact) mass is 491 g/mol. The van der Waals surface area contributed by atoms with Crippen LogP contribution in [0.5, 0.6) is 0 Å². The van der Waals surface area contributed by atoms with E-state index in [1.54, 1.807) is 28.2 Å². The third-order valence-electron chi connectivity index (χ3n) is 4.41. The molecular weight excluding hydrogens is 480 g/mol. The summed E-state index contributed by atoms with van der Waals surface area (Å²) < 4.78 is 108. The van der Waals surface area contributed by atoms with Gasteiger partial charge in [0, 0.05) is 23.3 Å². The molecule has 0 saturated carbocycles. The van der Waals surface area contributed by atoms with Crippen LogP contribution in [-0.2, 0) is 22.4 Å². The minimum atomic E-state index is -5.17. The first kappa shape index (κ1) is 22.1. The highest BCUT2D eigenvalue weighted by Crippen LogP contribution is 2.38. The topological polar surface area (TPSA) is 63.5 Å². The molecule has 2 aromatic carbocycles. The molecule has 4 aromatic rings. The molecule has 0 saturated heterocycles. The number of sulfonamides is 1. The number of imidazole rings is 1. The van der Waals surface area contributed by atoms with Gasteiger partial charge in [-0.05, 0) is 24.3 Å². The Hall–Kier alpha value is -3.06. The first-order valence-electron chi connectivity index (χ1n) is 8.68. The summed E-state index contributed by atoms with van der Waals surface area (Å²) in [5.41, 5.74) is -2.83. The van der Waals surface area contributed by atoms with Gasteiger partial charge in [0.15, 0.2) is 4.96 Å². The molecule has 4 rings (SSSR count). The standard InChI is InChI=1S/C19H11F6N3O2S2/c20-18(21,22)11-7-12(19(23,24)25)9-13(8-11)32(29,30)27-15-4-2-1-3-14(15)16-10-28-5-6-31-17(28)26-16/h1-10,27H. The summed E-state index contributed by atoms with van der Waals surface area (Å²) in [6.07, 6.45) is -7.01. The zero-order chi connectivity index (χ0) is 23.3. The number of benzene rings is 2. The molecule has 0 spiro atoms. The van der Waals surface area contributed by atoms with E-state index >= 15 is 0 Å². The third kappa shape index (κ3) is 4.30. The molecule has 0 unspecified atom stereocenters. The maximum Gasteiger partial charge on any atom is 0.416 e. The maximum absolute atomic E-state index is 13.1. The highest BCUT2D eigenvalue weighted by atomic mass is 32.2. The Bertz CT molecular complexity index is 1340.